The van der Waals surface area contributed by atoms with Crippen LogP contribution in [0.25, 0.3) is 0 Å². The highest BCUT2D eigenvalue weighted by Gasteiger charge is 2.43. The van der Waals surface area contributed by atoms with E-state index in [0.29, 0.717) is 5.01 Å². The first-order valence-electron chi connectivity index (χ1n) is 5.49. The fraction of sp³-hybridized carbons (Fsp3) is 0.889. The summed E-state index contributed by atoms with van der Waals surface area (Å²) in [7, 11) is 2.41. The number of aliphatic hydroxyl groups is 3. The SMILES string of the molecule is CO[C@H]1O[C@H](CNC(=O)N(C)N=O)[C@@H](O)[C@H](O)[C@H]1O. The van der Waals surface area contributed by atoms with E-state index in [0.717, 1.165) is 7.05 Å². The first kappa shape index (κ1) is 15.7. The molecule has 0 aromatic carbocycles. The van der Waals surface area contributed by atoms with E-state index in [1.807, 2.05) is 0 Å². The number of methoxy groups -OCH3 is 1. The van der Waals surface area contributed by atoms with E-state index in [9.17, 15) is 25.0 Å². The van der Waals surface area contributed by atoms with Gasteiger partial charge in [0.15, 0.2) is 6.29 Å². The van der Waals surface area contributed by atoms with E-state index in [2.05, 4.69) is 10.6 Å². The summed E-state index contributed by atoms with van der Waals surface area (Å²) in [6, 6.07) is -0.791. The maximum atomic E-state index is 11.3. The van der Waals surface area contributed by atoms with Gasteiger partial charge < -0.3 is 30.1 Å². The van der Waals surface area contributed by atoms with Crippen molar-refractivity contribution < 1.29 is 29.6 Å². The molecule has 1 aliphatic heterocycles. The fourth-order valence-electron chi connectivity index (χ4n) is 1.62. The highest BCUT2D eigenvalue weighted by Crippen LogP contribution is 2.21. The van der Waals surface area contributed by atoms with Crippen LogP contribution in [0.2, 0.25) is 0 Å². The molecule has 10 heteroatoms. The maximum Gasteiger partial charge on any atom is 0.340 e. The Kier molecular flexibility index (Phi) is 5.57. The van der Waals surface area contributed by atoms with Gasteiger partial charge in [-0.2, -0.15) is 5.01 Å². The Hall–Kier alpha value is -1.33. The topological polar surface area (TPSA) is 141 Å². The molecule has 4 N–H and O–H groups in total. The van der Waals surface area contributed by atoms with Crippen molar-refractivity contribution in [2.24, 2.45) is 5.29 Å². The molecule has 0 spiro atoms. The van der Waals surface area contributed by atoms with Gasteiger partial charge in [0.05, 0.1) is 5.29 Å². The molecule has 0 aliphatic carbocycles. The van der Waals surface area contributed by atoms with Crippen molar-refractivity contribution >= 4 is 6.03 Å². The maximum absolute atomic E-state index is 11.3. The first-order valence-corrected chi connectivity index (χ1v) is 5.49. The Morgan fingerprint density at radius 2 is 2.00 bits per heavy atom. The van der Waals surface area contributed by atoms with Crippen LogP contribution in [0.15, 0.2) is 5.29 Å². The average Bonchev–Trinajstić information content (AvgIpc) is 2.42. The number of amides is 2. The molecule has 1 saturated heterocycles. The van der Waals surface area contributed by atoms with Crippen molar-refractivity contribution in [3.63, 3.8) is 0 Å². The van der Waals surface area contributed by atoms with Gasteiger partial charge in [0.2, 0.25) is 0 Å². The number of hydrogen-bond acceptors (Lipinski definition) is 8. The second kappa shape index (κ2) is 6.73. The number of carbonyl (C=O) groups excluding carboxylic acids is 1. The third kappa shape index (κ3) is 3.58. The van der Waals surface area contributed by atoms with Gasteiger partial charge in [-0.05, 0) is 0 Å². The van der Waals surface area contributed by atoms with Crippen molar-refractivity contribution in [3.05, 3.63) is 4.91 Å². The fourth-order valence-corrected chi connectivity index (χ4v) is 1.62. The summed E-state index contributed by atoms with van der Waals surface area (Å²) >= 11 is 0. The normalized spacial score (nSPS) is 34.7. The molecule has 1 fully saturated rings. The molecule has 19 heavy (non-hydrogen) atoms. The highest BCUT2D eigenvalue weighted by molar-refractivity contribution is 5.73. The minimum absolute atomic E-state index is 0.191. The molecule has 0 saturated carbocycles. The molecule has 1 heterocycles. The van der Waals surface area contributed by atoms with Crippen LogP contribution in [0, 0.1) is 4.91 Å². The van der Waals surface area contributed by atoms with E-state index in [-0.39, 0.29) is 6.54 Å². The van der Waals surface area contributed by atoms with E-state index in [1.165, 1.54) is 7.11 Å². The Morgan fingerprint density at radius 3 is 2.53 bits per heavy atom. The van der Waals surface area contributed by atoms with Gasteiger partial charge in [-0.1, -0.05) is 0 Å². The monoisotopic (exact) mass is 279 g/mol. The van der Waals surface area contributed by atoms with E-state index >= 15 is 0 Å². The molecule has 1 aliphatic rings. The molecule has 1 rings (SSSR count). The van der Waals surface area contributed by atoms with Crippen LogP contribution in [0.4, 0.5) is 4.79 Å². The number of nitrogens with zero attached hydrogens (tertiary/aromatic N) is 2. The molecule has 10 nitrogen and oxygen atoms in total. The molecule has 0 unspecified atom stereocenters. The number of ether oxygens (including phenoxy) is 2. The Bertz CT molecular complexity index is 327. The minimum atomic E-state index is -1.47. The molecular weight excluding hydrogens is 262 g/mol. The summed E-state index contributed by atoms with van der Waals surface area (Å²) in [4.78, 5) is 21.4. The standard InChI is InChI=1S/C9H17N3O7/c1-12(11-17)9(16)10-3-4-5(13)6(14)7(15)8(18-2)19-4/h4-8,13-15H,3H2,1-2H3,(H,10,16)/t4-,5-,6+,7-,8+/m1/s1. The third-order valence-corrected chi connectivity index (χ3v) is 2.77. The Morgan fingerprint density at radius 1 is 1.37 bits per heavy atom. The van der Waals surface area contributed by atoms with E-state index < -0.39 is 36.7 Å². The summed E-state index contributed by atoms with van der Waals surface area (Å²) in [6.07, 6.45) is -6.39. The quantitative estimate of drug-likeness (QED) is 0.337. The molecular formula is C9H17N3O7. The van der Waals surface area contributed by atoms with Gasteiger partial charge in [0.1, 0.15) is 24.4 Å². The second-order valence-corrected chi connectivity index (χ2v) is 4.04. The number of nitrogens with one attached hydrogen (secondary N) is 1. The van der Waals surface area contributed by atoms with E-state index in [1.54, 1.807) is 0 Å². The molecule has 5 atom stereocenters. The zero-order valence-corrected chi connectivity index (χ0v) is 10.5. The molecule has 0 radical (unpaired) electrons. The number of aliphatic hydroxyl groups excluding tert-OH is 3. The van der Waals surface area contributed by atoms with Crippen molar-refractivity contribution in [1.29, 1.82) is 0 Å². The Labute approximate surface area is 108 Å². The van der Waals surface area contributed by atoms with Gasteiger partial charge in [0.25, 0.3) is 0 Å². The lowest BCUT2D eigenvalue weighted by molar-refractivity contribution is -0.288. The molecule has 0 bridgehead atoms. The van der Waals surface area contributed by atoms with Gasteiger partial charge in [-0.3, -0.25) is 0 Å². The average molecular weight is 279 g/mol. The van der Waals surface area contributed by atoms with E-state index in [4.69, 9.17) is 9.47 Å². The zero-order valence-electron chi connectivity index (χ0n) is 10.5. The highest BCUT2D eigenvalue weighted by atomic mass is 16.7. The summed E-state index contributed by atoms with van der Waals surface area (Å²) in [5.74, 6) is 0. The van der Waals surface area contributed by atoms with Crippen LogP contribution < -0.4 is 5.32 Å². The van der Waals surface area contributed by atoms with Crippen molar-refractivity contribution in [1.82, 2.24) is 10.3 Å². The number of rotatable bonds is 4. The van der Waals surface area contributed by atoms with Crippen LogP contribution >= 0.6 is 0 Å². The van der Waals surface area contributed by atoms with Gasteiger partial charge in [-0.25, -0.2) is 4.79 Å². The lowest BCUT2D eigenvalue weighted by Crippen LogP contribution is -2.60. The van der Waals surface area contributed by atoms with Crippen molar-refractivity contribution in [2.45, 2.75) is 30.7 Å². The summed E-state index contributed by atoms with van der Waals surface area (Å²) < 4.78 is 9.96. The van der Waals surface area contributed by atoms with Crippen LogP contribution in [-0.4, -0.2) is 77.8 Å². The summed E-state index contributed by atoms with van der Waals surface area (Å²) in [5, 5.41) is 34.0. The molecule has 0 aromatic heterocycles. The summed E-state index contributed by atoms with van der Waals surface area (Å²) in [5.41, 5.74) is 0. The number of hydrogen-bond donors (Lipinski definition) is 4. The number of urea groups is 1. The van der Waals surface area contributed by atoms with Crippen molar-refractivity contribution in [3.8, 4) is 0 Å². The molecule has 2 amide bonds. The second-order valence-electron chi connectivity index (χ2n) is 4.04. The minimum Gasteiger partial charge on any atom is -0.388 e. The van der Waals surface area contributed by atoms with Crippen LogP contribution in [0.1, 0.15) is 0 Å². The predicted molar refractivity (Wildman–Crippen MR) is 60.6 cm³/mol. The van der Waals surface area contributed by atoms with Gasteiger partial charge in [-0.15, -0.1) is 4.91 Å². The largest absolute Gasteiger partial charge is 0.388 e. The zero-order chi connectivity index (χ0) is 14.6. The van der Waals surface area contributed by atoms with Crippen LogP contribution in [-0.2, 0) is 9.47 Å². The van der Waals surface area contributed by atoms with Gasteiger partial charge in [0, 0.05) is 20.7 Å². The van der Waals surface area contributed by atoms with Crippen LogP contribution in [0.3, 0.4) is 0 Å². The smallest absolute Gasteiger partial charge is 0.340 e. The molecule has 110 valence electrons. The van der Waals surface area contributed by atoms with Gasteiger partial charge >= 0.3 is 6.03 Å². The predicted octanol–water partition coefficient (Wildman–Crippen LogP) is -2.24. The lowest BCUT2D eigenvalue weighted by Gasteiger charge is -2.39. The van der Waals surface area contributed by atoms with Crippen molar-refractivity contribution in [2.75, 3.05) is 20.7 Å². The Balaban J connectivity index is 2.57. The third-order valence-electron chi connectivity index (χ3n) is 2.77. The first-order chi connectivity index (χ1) is 8.92. The number of nitroso groups, excluding NO2 is 1. The van der Waals surface area contributed by atoms with Crippen LogP contribution in [0.5, 0.6) is 0 Å². The summed E-state index contributed by atoms with van der Waals surface area (Å²) in [6.45, 7) is -0.191. The number of carbonyl (C=O) groups is 1. The molecule has 0 aromatic rings. The lowest BCUT2D eigenvalue weighted by atomic mass is 9.99.